The highest BCUT2D eigenvalue weighted by atomic mass is 79.9. The molecule has 0 atom stereocenters. The maximum Gasteiger partial charge on any atom is 0.252 e. The predicted octanol–water partition coefficient (Wildman–Crippen LogP) is 19.4. The van der Waals surface area contributed by atoms with Gasteiger partial charge in [0.25, 0.3) is 6.71 Å². The second kappa shape index (κ2) is 19.3. The van der Waals surface area contributed by atoms with E-state index in [1.807, 2.05) is 0 Å². The van der Waals surface area contributed by atoms with Crippen LogP contribution in [-0.2, 0) is 16.2 Å². The van der Waals surface area contributed by atoms with Crippen LogP contribution in [0.3, 0.4) is 0 Å². The largest absolute Gasteiger partial charge is 0.311 e. The molecule has 2 nitrogen and oxygen atoms in total. The Hall–Kier alpha value is -7.37. The lowest BCUT2D eigenvalue weighted by Gasteiger charge is -2.45. The minimum Gasteiger partial charge on any atom is -0.311 e. The molecule has 0 fully saturated rings. The SMILES string of the molecule is CC(C)(C)c1cc(-c2ccc3c(c2)N(c2cc(-c4ccccc4)cc(-c4ccccc4)c2)c2cc(Cl)cc4c2B3c2ccc(Br)cc2N4c2c(-c3ccccc3)cc(C(C)(C)C)cc2-c2ccccc2)cc(C(C)(C)C)c1. The van der Waals surface area contributed by atoms with E-state index in [0.717, 1.165) is 83.1 Å². The highest BCUT2D eigenvalue weighted by Crippen LogP contribution is 2.53. The molecule has 0 bridgehead atoms. The summed E-state index contributed by atoms with van der Waals surface area (Å²) < 4.78 is 1.01. The Morgan fingerprint density at radius 3 is 1.25 bits per heavy atom. The van der Waals surface area contributed by atoms with E-state index in [1.165, 1.54) is 44.2 Å². The van der Waals surface area contributed by atoms with Crippen molar-refractivity contribution in [3.8, 4) is 55.6 Å². The lowest BCUT2D eigenvalue weighted by Crippen LogP contribution is -2.61. The summed E-state index contributed by atoms with van der Waals surface area (Å²) in [5.74, 6) is 0. The second-order valence-electron chi connectivity index (χ2n) is 24.1. The van der Waals surface area contributed by atoms with Crippen molar-refractivity contribution in [1.82, 2.24) is 0 Å². The first-order chi connectivity index (χ1) is 36.9. The van der Waals surface area contributed by atoms with E-state index in [0.29, 0.717) is 5.02 Å². The van der Waals surface area contributed by atoms with Crippen molar-refractivity contribution in [2.24, 2.45) is 0 Å². The van der Waals surface area contributed by atoms with Crippen LogP contribution < -0.4 is 26.2 Å². The second-order valence-corrected chi connectivity index (χ2v) is 25.5. The van der Waals surface area contributed by atoms with E-state index in [4.69, 9.17) is 11.6 Å². The fraction of sp³-hybridized carbons (Fsp3) is 0.167. The summed E-state index contributed by atoms with van der Waals surface area (Å²) in [6.07, 6.45) is 0. The monoisotopic (exact) mass is 1080 g/mol. The molecule has 2 aliphatic rings. The Balaban J connectivity index is 1.20. The molecule has 2 aliphatic heterocycles. The van der Waals surface area contributed by atoms with Crippen molar-refractivity contribution in [2.75, 3.05) is 9.80 Å². The Labute approximate surface area is 470 Å². The number of anilines is 6. The minimum absolute atomic E-state index is 0.0478. The van der Waals surface area contributed by atoms with Crippen LogP contribution in [0.15, 0.2) is 223 Å². The van der Waals surface area contributed by atoms with Gasteiger partial charge in [0.1, 0.15) is 0 Å². The number of benzene rings is 10. The van der Waals surface area contributed by atoms with Gasteiger partial charge in [-0.3, -0.25) is 0 Å². The summed E-state index contributed by atoms with van der Waals surface area (Å²) in [6, 6.07) is 81.2. The van der Waals surface area contributed by atoms with Crippen molar-refractivity contribution in [3.05, 3.63) is 245 Å². The fourth-order valence-electron chi connectivity index (χ4n) is 11.6. The summed E-state index contributed by atoms with van der Waals surface area (Å²) in [7, 11) is 0. The average Bonchev–Trinajstić information content (AvgIpc) is 3.51. The number of halogens is 2. The first-order valence-electron chi connectivity index (χ1n) is 27.0. The highest BCUT2D eigenvalue weighted by molar-refractivity contribution is 9.10. The average molecular weight is 1080 g/mol. The Morgan fingerprint density at radius 1 is 0.351 bits per heavy atom. The van der Waals surface area contributed by atoms with Crippen molar-refractivity contribution < 1.29 is 0 Å². The molecule has 0 spiro atoms. The topological polar surface area (TPSA) is 6.48 Å². The molecule has 0 unspecified atom stereocenters. The molecule has 0 aliphatic carbocycles. The van der Waals surface area contributed by atoms with Crippen molar-refractivity contribution in [1.29, 1.82) is 0 Å². The van der Waals surface area contributed by atoms with Crippen LogP contribution in [0.4, 0.5) is 34.1 Å². The van der Waals surface area contributed by atoms with E-state index >= 15 is 0 Å². The summed E-state index contributed by atoms with van der Waals surface area (Å²) in [5, 5.41) is 0.662. The first-order valence-corrected chi connectivity index (χ1v) is 28.1. The van der Waals surface area contributed by atoms with Crippen LogP contribution in [0.1, 0.15) is 79.0 Å². The standard InChI is InChI=1S/C72H63BBrClN2/c1-70(2,3)54-35-53(36-55(40-54)71(4,5)6)50-30-32-62-64(39-50)76(59-37-51(46-22-14-10-15-23-46)34-52(38-59)47-24-16-11-17-25-47)66-44-58(75)45-67-68(66)73(62)63-33-31-57(74)43-65(63)77(67)69-60(48-26-18-12-19-27-48)41-56(72(7,8)9)42-61(69)49-28-20-13-21-29-49/h10-45H,1-9H3. The van der Waals surface area contributed by atoms with Crippen LogP contribution in [-0.4, -0.2) is 6.71 Å². The van der Waals surface area contributed by atoms with Crippen LogP contribution in [0.2, 0.25) is 5.02 Å². The molecule has 0 radical (unpaired) electrons. The number of hydrogen-bond acceptors (Lipinski definition) is 2. The normalized spacial score (nSPS) is 13.1. The van der Waals surface area contributed by atoms with Crippen molar-refractivity contribution in [3.63, 3.8) is 0 Å². The molecule has 5 heteroatoms. The summed E-state index contributed by atoms with van der Waals surface area (Å²) >= 11 is 11.8. The van der Waals surface area contributed by atoms with E-state index in [9.17, 15) is 0 Å². The summed E-state index contributed by atoms with van der Waals surface area (Å²) in [6.45, 7) is 20.7. The van der Waals surface area contributed by atoms with Gasteiger partial charge in [-0.05, 0) is 154 Å². The quantitative estimate of drug-likeness (QED) is 0.147. The Morgan fingerprint density at radius 2 is 0.766 bits per heavy atom. The zero-order chi connectivity index (χ0) is 53.5. The zero-order valence-electron chi connectivity index (χ0n) is 45.5. The number of fused-ring (bicyclic) bond motifs is 4. The van der Waals surface area contributed by atoms with Crippen LogP contribution in [0.25, 0.3) is 55.6 Å². The smallest absolute Gasteiger partial charge is 0.252 e. The molecule has 0 aromatic heterocycles. The number of hydrogen-bond donors (Lipinski definition) is 0. The third-order valence-corrected chi connectivity index (χ3v) is 16.5. The predicted molar refractivity (Wildman–Crippen MR) is 336 cm³/mol. The Bertz CT molecular complexity index is 3740. The molecule has 12 rings (SSSR count). The van der Waals surface area contributed by atoms with Crippen LogP contribution >= 0.6 is 27.5 Å². The maximum atomic E-state index is 7.76. The number of rotatable bonds is 7. The van der Waals surface area contributed by atoms with Gasteiger partial charge >= 0.3 is 0 Å². The van der Waals surface area contributed by atoms with Gasteiger partial charge in [-0.1, -0.05) is 248 Å². The van der Waals surface area contributed by atoms with Crippen LogP contribution in [0.5, 0.6) is 0 Å². The number of nitrogens with zero attached hydrogens (tertiary/aromatic N) is 2. The van der Waals surface area contributed by atoms with Gasteiger partial charge in [-0.25, -0.2) is 0 Å². The molecule has 0 amide bonds. The third kappa shape index (κ3) is 9.34. The lowest BCUT2D eigenvalue weighted by molar-refractivity contribution is 0.569. The first kappa shape index (κ1) is 50.5. The summed E-state index contributed by atoms with van der Waals surface area (Å²) in [5.41, 5.74) is 25.4. The van der Waals surface area contributed by atoms with Gasteiger partial charge in [-0.15, -0.1) is 0 Å². The van der Waals surface area contributed by atoms with Gasteiger partial charge in [0.05, 0.1) is 5.69 Å². The van der Waals surface area contributed by atoms with Crippen molar-refractivity contribution >= 4 is 84.8 Å². The zero-order valence-corrected chi connectivity index (χ0v) is 47.9. The molecule has 10 aromatic rings. The molecule has 0 saturated carbocycles. The maximum absolute atomic E-state index is 7.76. The van der Waals surface area contributed by atoms with Gasteiger partial charge in [0.2, 0.25) is 0 Å². The third-order valence-electron chi connectivity index (χ3n) is 15.8. The molecular weight excluding hydrogens is 1020 g/mol. The molecule has 77 heavy (non-hydrogen) atoms. The van der Waals surface area contributed by atoms with E-state index < -0.39 is 0 Å². The summed E-state index contributed by atoms with van der Waals surface area (Å²) in [4.78, 5) is 5.07. The highest BCUT2D eigenvalue weighted by Gasteiger charge is 2.45. The molecule has 0 saturated heterocycles. The van der Waals surface area contributed by atoms with E-state index in [2.05, 4.69) is 306 Å². The van der Waals surface area contributed by atoms with Gasteiger partial charge in [0, 0.05) is 49.1 Å². The Kier molecular flexibility index (Phi) is 12.6. The van der Waals surface area contributed by atoms with E-state index in [1.54, 1.807) is 0 Å². The van der Waals surface area contributed by atoms with Gasteiger partial charge < -0.3 is 9.80 Å². The molecule has 10 aromatic carbocycles. The molecule has 0 N–H and O–H groups in total. The minimum atomic E-state index is -0.136. The van der Waals surface area contributed by atoms with Crippen molar-refractivity contribution in [2.45, 2.75) is 78.6 Å². The fourth-order valence-corrected chi connectivity index (χ4v) is 12.2. The van der Waals surface area contributed by atoms with E-state index in [-0.39, 0.29) is 23.0 Å². The van der Waals surface area contributed by atoms with Crippen LogP contribution in [0, 0.1) is 0 Å². The lowest BCUT2D eigenvalue weighted by atomic mass is 9.33. The molecule has 2 heterocycles. The van der Waals surface area contributed by atoms with Gasteiger partial charge in [-0.2, -0.15) is 0 Å². The molecular formula is C72H63BBrClN2. The molecule has 378 valence electrons. The van der Waals surface area contributed by atoms with Gasteiger partial charge in [0.15, 0.2) is 0 Å².